The molecule has 0 aliphatic carbocycles. The minimum atomic E-state index is -0.683. The van der Waals surface area contributed by atoms with Gasteiger partial charge in [-0.3, -0.25) is 0 Å². The van der Waals surface area contributed by atoms with Gasteiger partial charge in [0.1, 0.15) is 11.5 Å². The smallest absolute Gasteiger partial charge is 0.347 e. The fraction of sp³-hybridized carbons (Fsp3) is 0.231. The van der Waals surface area contributed by atoms with Gasteiger partial charge in [-0.2, -0.15) is 0 Å². The van der Waals surface area contributed by atoms with Gasteiger partial charge < -0.3 is 25.7 Å². The molecule has 0 unspecified atom stereocenters. The van der Waals surface area contributed by atoms with Gasteiger partial charge >= 0.3 is 11.9 Å². The quantitative estimate of drug-likeness (QED) is 0.208. The zero-order valence-electron chi connectivity index (χ0n) is 18.7. The van der Waals surface area contributed by atoms with E-state index in [1.54, 1.807) is 37.3 Å². The first-order valence-electron chi connectivity index (χ1n) is 10.8. The number of unbranched alkanes of at least 4 members (excludes halogenated alkanes) is 1. The Morgan fingerprint density at radius 1 is 0.848 bits per heavy atom. The highest BCUT2D eigenvalue weighted by Crippen LogP contribution is 2.26. The van der Waals surface area contributed by atoms with E-state index in [0.717, 1.165) is 24.0 Å². The second-order valence-corrected chi connectivity index (χ2v) is 7.61. The summed E-state index contributed by atoms with van der Waals surface area (Å²) in [6.07, 6.45) is 1.11. The largest absolute Gasteiger partial charge is 0.479 e. The number of anilines is 2. The highest BCUT2D eigenvalue weighted by Gasteiger charge is 2.16. The molecule has 0 bridgehead atoms. The molecule has 7 heteroatoms. The second-order valence-electron chi connectivity index (χ2n) is 7.61. The standard InChI is InChI=1S/C26H28N2O5/c1-3-4-13-31-25(29)17(2)32-23-9-5-18(6-10-23)19-7-11-24(12-8-19)33-26(30)20-14-21(27)16-22(28)15-20/h5-12,14-17H,3-4,13,27-28H2,1-2H3/t17-/m1/s1. The van der Waals surface area contributed by atoms with Crippen LogP contribution < -0.4 is 20.9 Å². The Labute approximate surface area is 193 Å². The van der Waals surface area contributed by atoms with E-state index in [9.17, 15) is 9.59 Å². The fourth-order valence-electron chi connectivity index (χ4n) is 3.09. The van der Waals surface area contributed by atoms with E-state index in [0.29, 0.717) is 29.5 Å². The van der Waals surface area contributed by atoms with Crippen LogP contribution in [-0.2, 0) is 9.53 Å². The second kappa shape index (κ2) is 11.0. The lowest BCUT2D eigenvalue weighted by Crippen LogP contribution is -2.26. The third kappa shape index (κ3) is 6.74. The van der Waals surface area contributed by atoms with Gasteiger partial charge in [-0.1, -0.05) is 37.6 Å². The summed E-state index contributed by atoms with van der Waals surface area (Å²) in [6.45, 7) is 4.11. The number of ether oxygens (including phenoxy) is 3. The first kappa shape index (κ1) is 23.7. The van der Waals surface area contributed by atoms with E-state index in [4.69, 9.17) is 25.7 Å². The predicted octanol–water partition coefficient (Wildman–Crippen LogP) is 4.85. The molecule has 3 aromatic rings. The summed E-state index contributed by atoms with van der Waals surface area (Å²) in [7, 11) is 0. The van der Waals surface area contributed by atoms with Gasteiger partial charge in [-0.25, -0.2) is 9.59 Å². The van der Waals surface area contributed by atoms with Gasteiger partial charge in [0, 0.05) is 11.4 Å². The summed E-state index contributed by atoms with van der Waals surface area (Å²) in [5.41, 5.74) is 14.4. The number of carbonyl (C=O) groups is 2. The average Bonchev–Trinajstić information content (AvgIpc) is 2.79. The van der Waals surface area contributed by atoms with Crippen molar-refractivity contribution in [2.24, 2.45) is 0 Å². The first-order chi connectivity index (χ1) is 15.9. The van der Waals surface area contributed by atoms with Gasteiger partial charge in [0.15, 0.2) is 6.10 Å². The van der Waals surface area contributed by atoms with Gasteiger partial charge in [0.2, 0.25) is 0 Å². The Morgan fingerprint density at radius 3 is 1.94 bits per heavy atom. The van der Waals surface area contributed by atoms with Crippen LogP contribution >= 0.6 is 0 Å². The molecule has 0 fully saturated rings. The monoisotopic (exact) mass is 448 g/mol. The Hall–Kier alpha value is -4.00. The van der Waals surface area contributed by atoms with Crippen LogP contribution in [0.1, 0.15) is 37.0 Å². The molecule has 0 saturated carbocycles. The average molecular weight is 449 g/mol. The number of rotatable bonds is 9. The molecule has 7 nitrogen and oxygen atoms in total. The number of esters is 2. The SMILES string of the molecule is CCCCOC(=O)[C@@H](C)Oc1ccc(-c2ccc(OC(=O)c3cc(N)cc(N)c3)cc2)cc1. The Balaban J connectivity index is 1.59. The lowest BCUT2D eigenvalue weighted by atomic mass is 10.1. The third-order valence-electron chi connectivity index (χ3n) is 4.85. The van der Waals surface area contributed by atoms with Crippen LogP contribution in [0.2, 0.25) is 0 Å². The van der Waals surface area contributed by atoms with E-state index in [-0.39, 0.29) is 11.5 Å². The maximum Gasteiger partial charge on any atom is 0.347 e. The summed E-state index contributed by atoms with van der Waals surface area (Å²) in [4.78, 5) is 24.3. The summed E-state index contributed by atoms with van der Waals surface area (Å²) in [5, 5.41) is 0. The zero-order chi connectivity index (χ0) is 23.8. The van der Waals surface area contributed by atoms with Crippen molar-refractivity contribution in [2.75, 3.05) is 18.1 Å². The number of hydrogen-bond acceptors (Lipinski definition) is 7. The van der Waals surface area contributed by atoms with E-state index >= 15 is 0 Å². The predicted molar refractivity (Wildman–Crippen MR) is 128 cm³/mol. The maximum atomic E-state index is 12.3. The molecule has 3 aromatic carbocycles. The molecule has 0 aromatic heterocycles. The van der Waals surface area contributed by atoms with Crippen LogP contribution in [0.4, 0.5) is 11.4 Å². The zero-order valence-corrected chi connectivity index (χ0v) is 18.7. The van der Waals surface area contributed by atoms with E-state index in [1.807, 2.05) is 31.2 Å². The van der Waals surface area contributed by atoms with Crippen molar-refractivity contribution in [1.82, 2.24) is 0 Å². The van der Waals surface area contributed by atoms with Gasteiger partial charge in [0.25, 0.3) is 0 Å². The van der Waals surface area contributed by atoms with Crippen molar-refractivity contribution in [3.05, 3.63) is 72.3 Å². The van der Waals surface area contributed by atoms with Crippen LogP contribution in [0.15, 0.2) is 66.7 Å². The minimum absolute atomic E-state index is 0.288. The fourth-order valence-corrected chi connectivity index (χ4v) is 3.09. The highest BCUT2D eigenvalue weighted by atomic mass is 16.6. The number of nitrogens with two attached hydrogens (primary N) is 2. The molecule has 0 heterocycles. The summed E-state index contributed by atoms with van der Waals surface area (Å²) in [6, 6.07) is 19.1. The van der Waals surface area contributed by atoms with Crippen molar-refractivity contribution in [1.29, 1.82) is 0 Å². The molecule has 0 radical (unpaired) electrons. The van der Waals surface area contributed by atoms with Crippen molar-refractivity contribution >= 4 is 23.3 Å². The maximum absolute atomic E-state index is 12.3. The molecule has 3 rings (SSSR count). The minimum Gasteiger partial charge on any atom is -0.479 e. The van der Waals surface area contributed by atoms with E-state index in [2.05, 4.69) is 0 Å². The molecule has 0 amide bonds. The van der Waals surface area contributed by atoms with Gasteiger partial charge in [-0.05, 0) is 66.9 Å². The van der Waals surface area contributed by atoms with Crippen molar-refractivity contribution in [3.63, 3.8) is 0 Å². The van der Waals surface area contributed by atoms with Crippen LogP contribution in [0.3, 0.4) is 0 Å². The molecule has 0 spiro atoms. The molecule has 1 atom stereocenters. The van der Waals surface area contributed by atoms with Crippen LogP contribution in [0.5, 0.6) is 11.5 Å². The lowest BCUT2D eigenvalue weighted by molar-refractivity contribution is -0.151. The van der Waals surface area contributed by atoms with Crippen molar-refractivity contribution < 1.29 is 23.8 Å². The molecule has 0 aliphatic heterocycles. The molecular weight excluding hydrogens is 420 g/mol. The van der Waals surface area contributed by atoms with Crippen LogP contribution in [-0.4, -0.2) is 24.6 Å². The molecule has 33 heavy (non-hydrogen) atoms. The summed E-state index contributed by atoms with van der Waals surface area (Å²) < 4.78 is 16.3. The molecule has 4 N–H and O–H groups in total. The molecular formula is C26H28N2O5. The van der Waals surface area contributed by atoms with E-state index in [1.165, 1.54) is 12.1 Å². The number of benzene rings is 3. The molecule has 172 valence electrons. The Morgan fingerprint density at radius 2 is 1.39 bits per heavy atom. The first-order valence-corrected chi connectivity index (χ1v) is 10.8. The van der Waals surface area contributed by atoms with Crippen LogP contribution in [0, 0.1) is 0 Å². The van der Waals surface area contributed by atoms with Gasteiger partial charge in [-0.15, -0.1) is 0 Å². The van der Waals surface area contributed by atoms with Crippen LogP contribution in [0.25, 0.3) is 11.1 Å². The molecule has 0 saturated heterocycles. The number of hydrogen-bond donors (Lipinski definition) is 2. The Kier molecular flexibility index (Phi) is 7.91. The summed E-state index contributed by atoms with van der Waals surface area (Å²) >= 11 is 0. The number of carbonyl (C=O) groups excluding carboxylic acids is 2. The lowest BCUT2D eigenvalue weighted by Gasteiger charge is -2.14. The topological polar surface area (TPSA) is 114 Å². The highest BCUT2D eigenvalue weighted by molar-refractivity contribution is 5.93. The van der Waals surface area contributed by atoms with Crippen molar-refractivity contribution in [3.8, 4) is 22.6 Å². The van der Waals surface area contributed by atoms with E-state index < -0.39 is 12.1 Å². The summed E-state index contributed by atoms with van der Waals surface area (Å²) in [5.74, 6) is 0.0647. The number of nitrogen functional groups attached to an aromatic ring is 2. The molecule has 0 aliphatic rings. The third-order valence-corrected chi connectivity index (χ3v) is 4.85. The van der Waals surface area contributed by atoms with Gasteiger partial charge in [0.05, 0.1) is 12.2 Å². The van der Waals surface area contributed by atoms with Crippen molar-refractivity contribution in [2.45, 2.75) is 32.8 Å². The normalized spacial score (nSPS) is 11.5. The Bertz CT molecular complexity index is 1070.